The maximum absolute atomic E-state index is 11.1. The average Bonchev–Trinajstić information content (AvgIpc) is 2.99. The smallest absolute Gasteiger partial charge is 0.160 e. The van der Waals surface area contributed by atoms with Crippen LogP contribution in [0.1, 0.15) is 18.0 Å². The van der Waals surface area contributed by atoms with Crippen LogP contribution in [0.15, 0.2) is 49.6 Å². The monoisotopic (exact) mass is 311 g/mol. The molecule has 0 aliphatic carbocycles. The fraction of sp³-hybridized carbons (Fsp3) is 0.286. The Morgan fingerprint density at radius 1 is 1.40 bits per heavy atom. The lowest BCUT2D eigenvalue weighted by atomic mass is 9.82. The normalized spacial score (nSPS) is 17.2. The van der Waals surface area contributed by atoms with Crippen molar-refractivity contribution in [2.24, 2.45) is 5.92 Å². The van der Waals surface area contributed by atoms with Crippen LogP contribution in [0.3, 0.4) is 0 Å². The second-order valence-electron chi connectivity index (χ2n) is 4.57. The first-order valence-electron chi connectivity index (χ1n) is 6.09. The van der Waals surface area contributed by atoms with E-state index in [1.807, 2.05) is 6.92 Å². The minimum atomic E-state index is -1.37. The summed E-state index contributed by atoms with van der Waals surface area (Å²) in [5.41, 5.74) is -1.55. The molecule has 0 aliphatic heterocycles. The molecule has 3 unspecified atom stereocenters. The van der Waals surface area contributed by atoms with Crippen molar-refractivity contribution in [1.82, 2.24) is 14.8 Å². The van der Waals surface area contributed by atoms with Crippen molar-refractivity contribution >= 4 is 23.2 Å². The molecule has 3 atom stereocenters. The standard InChI is InChI=1S/C14H15Cl2N3O/c1-3-10(2)14(20,11-4-6-12(15)7-5-11)13(16)19-9-17-8-18-19/h3-10,13,20H,1H2,2H3. The summed E-state index contributed by atoms with van der Waals surface area (Å²) in [6.45, 7) is 5.58. The number of benzene rings is 1. The summed E-state index contributed by atoms with van der Waals surface area (Å²) in [5.74, 6) is -0.296. The van der Waals surface area contributed by atoms with Gasteiger partial charge in [-0.15, -0.1) is 6.58 Å². The van der Waals surface area contributed by atoms with Crippen LogP contribution in [0.25, 0.3) is 0 Å². The molecule has 2 rings (SSSR count). The average molecular weight is 312 g/mol. The van der Waals surface area contributed by atoms with Crippen molar-refractivity contribution in [2.75, 3.05) is 0 Å². The zero-order valence-electron chi connectivity index (χ0n) is 10.9. The van der Waals surface area contributed by atoms with Crippen LogP contribution in [0, 0.1) is 5.92 Å². The second-order valence-corrected chi connectivity index (χ2v) is 5.42. The number of hydrogen-bond donors (Lipinski definition) is 1. The molecule has 1 heterocycles. The lowest BCUT2D eigenvalue weighted by Gasteiger charge is -2.36. The van der Waals surface area contributed by atoms with Gasteiger partial charge in [0.2, 0.25) is 0 Å². The van der Waals surface area contributed by atoms with Crippen molar-refractivity contribution < 1.29 is 5.11 Å². The van der Waals surface area contributed by atoms with Gasteiger partial charge in [0, 0.05) is 10.9 Å². The fourth-order valence-electron chi connectivity index (χ4n) is 2.05. The molecule has 4 nitrogen and oxygen atoms in total. The number of rotatable bonds is 5. The SMILES string of the molecule is C=CC(C)C(O)(c1ccc(Cl)cc1)C(Cl)n1cncn1. The zero-order valence-corrected chi connectivity index (χ0v) is 12.5. The van der Waals surface area contributed by atoms with Crippen LogP contribution in [0.4, 0.5) is 0 Å². The summed E-state index contributed by atoms with van der Waals surface area (Å²) >= 11 is 12.3. The molecule has 0 spiro atoms. The first-order chi connectivity index (χ1) is 9.50. The molecular weight excluding hydrogens is 297 g/mol. The lowest BCUT2D eigenvalue weighted by molar-refractivity contribution is -0.0256. The Bertz CT molecular complexity index is 571. The molecule has 0 bridgehead atoms. The molecule has 20 heavy (non-hydrogen) atoms. The Labute approximate surface area is 127 Å². The summed E-state index contributed by atoms with van der Waals surface area (Å²) in [5, 5.41) is 15.7. The number of nitrogens with zero attached hydrogens (tertiary/aromatic N) is 3. The minimum absolute atomic E-state index is 0.296. The predicted molar refractivity (Wildman–Crippen MR) is 79.6 cm³/mol. The van der Waals surface area contributed by atoms with Crippen molar-refractivity contribution in [2.45, 2.75) is 18.0 Å². The molecule has 0 saturated carbocycles. The third-order valence-corrected chi connectivity index (χ3v) is 4.17. The van der Waals surface area contributed by atoms with Crippen molar-refractivity contribution in [3.8, 4) is 0 Å². The van der Waals surface area contributed by atoms with Gasteiger partial charge in [0.1, 0.15) is 18.3 Å². The van der Waals surface area contributed by atoms with E-state index in [-0.39, 0.29) is 5.92 Å². The molecular formula is C14H15Cl2N3O. The zero-order chi connectivity index (χ0) is 14.8. The van der Waals surface area contributed by atoms with Crippen LogP contribution >= 0.6 is 23.2 Å². The Balaban J connectivity index is 2.50. The predicted octanol–water partition coefficient (Wildman–Crippen LogP) is 3.38. The molecule has 0 saturated heterocycles. The van der Waals surface area contributed by atoms with E-state index in [0.29, 0.717) is 10.6 Å². The van der Waals surface area contributed by atoms with Crippen LogP contribution in [0.2, 0.25) is 5.02 Å². The third-order valence-electron chi connectivity index (χ3n) is 3.39. The summed E-state index contributed by atoms with van der Waals surface area (Å²) in [6, 6.07) is 6.91. The molecule has 1 aromatic heterocycles. The quantitative estimate of drug-likeness (QED) is 0.680. The first-order valence-corrected chi connectivity index (χ1v) is 6.90. The van der Waals surface area contributed by atoms with Gasteiger partial charge in [-0.1, -0.05) is 48.3 Å². The molecule has 106 valence electrons. The summed E-state index contributed by atoms with van der Waals surface area (Å²) in [6.07, 6.45) is 4.49. The summed E-state index contributed by atoms with van der Waals surface area (Å²) in [7, 11) is 0. The fourth-order valence-corrected chi connectivity index (χ4v) is 2.60. The summed E-state index contributed by atoms with van der Waals surface area (Å²) < 4.78 is 1.41. The molecule has 0 radical (unpaired) electrons. The lowest BCUT2D eigenvalue weighted by Crippen LogP contribution is -2.39. The highest BCUT2D eigenvalue weighted by Crippen LogP contribution is 2.42. The third kappa shape index (κ3) is 2.59. The van der Waals surface area contributed by atoms with E-state index in [1.165, 1.54) is 17.3 Å². The molecule has 0 aliphatic rings. The van der Waals surface area contributed by atoms with Crippen molar-refractivity contribution in [1.29, 1.82) is 0 Å². The van der Waals surface area contributed by atoms with Gasteiger partial charge >= 0.3 is 0 Å². The van der Waals surface area contributed by atoms with Gasteiger partial charge in [-0.3, -0.25) is 0 Å². The molecule has 1 N–H and O–H groups in total. The second kappa shape index (κ2) is 5.95. The highest BCUT2D eigenvalue weighted by molar-refractivity contribution is 6.30. The maximum Gasteiger partial charge on any atom is 0.160 e. The van der Waals surface area contributed by atoms with Gasteiger partial charge in [0.05, 0.1) is 0 Å². The van der Waals surface area contributed by atoms with Crippen molar-refractivity contribution in [3.05, 3.63) is 60.2 Å². The molecule has 0 fully saturated rings. The highest BCUT2D eigenvalue weighted by Gasteiger charge is 2.43. The highest BCUT2D eigenvalue weighted by atomic mass is 35.5. The molecule has 1 aromatic carbocycles. The Morgan fingerprint density at radius 3 is 2.55 bits per heavy atom. The van der Waals surface area contributed by atoms with E-state index in [0.717, 1.165) is 0 Å². The van der Waals surface area contributed by atoms with E-state index < -0.39 is 11.1 Å². The Morgan fingerprint density at radius 2 is 2.05 bits per heavy atom. The van der Waals surface area contributed by atoms with Gasteiger partial charge in [-0.2, -0.15) is 5.10 Å². The van der Waals surface area contributed by atoms with Gasteiger partial charge in [0.25, 0.3) is 0 Å². The number of aromatic nitrogens is 3. The molecule has 0 amide bonds. The largest absolute Gasteiger partial charge is 0.381 e. The topological polar surface area (TPSA) is 50.9 Å². The van der Waals surface area contributed by atoms with Gasteiger partial charge in [-0.25, -0.2) is 9.67 Å². The maximum atomic E-state index is 11.1. The van der Waals surface area contributed by atoms with Crippen LogP contribution in [0.5, 0.6) is 0 Å². The number of halogens is 2. The summed E-state index contributed by atoms with van der Waals surface area (Å²) in [4.78, 5) is 3.86. The van der Waals surface area contributed by atoms with Crippen LogP contribution in [-0.2, 0) is 5.60 Å². The van der Waals surface area contributed by atoms with E-state index >= 15 is 0 Å². The minimum Gasteiger partial charge on any atom is -0.381 e. The number of hydrogen-bond acceptors (Lipinski definition) is 3. The van der Waals surface area contributed by atoms with Gasteiger partial charge in [-0.05, 0) is 17.7 Å². The molecule has 2 aromatic rings. The van der Waals surface area contributed by atoms with E-state index in [2.05, 4.69) is 16.7 Å². The van der Waals surface area contributed by atoms with Crippen LogP contribution < -0.4 is 0 Å². The number of aliphatic hydroxyl groups is 1. The van der Waals surface area contributed by atoms with Crippen molar-refractivity contribution in [3.63, 3.8) is 0 Å². The van der Waals surface area contributed by atoms with E-state index in [9.17, 15) is 5.11 Å². The Hall–Kier alpha value is -1.36. The number of alkyl halides is 1. The van der Waals surface area contributed by atoms with E-state index in [1.54, 1.807) is 30.3 Å². The first kappa shape index (κ1) is 15.0. The van der Waals surface area contributed by atoms with Gasteiger partial charge < -0.3 is 5.11 Å². The van der Waals surface area contributed by atoms with Crippen LogP contribution in [-0.4, -0.2) is 19.9 Å². The molecule has 6 heteroatoms. The van der Waals surface area contributed by atoms with E-state index in [4.69, 9.17) is 23.2 Å². The Kier molecular flexibility index (Phi) is 4.48. The van der Waals surface area contributed by atoms with Gasteiger partial charge in [0.15, 0.2) is 5.50 Å².